The maximum Gasteiger partial charge on any atom is 0.179 e. The van der Waals surface area contributed by atoms with Gasteiger partial charge in [0.2, 0.25) is 0 Å². The Bertz CT molecular complexity index is 735. The number of unbranched alkanes of at least 4 members (excludes halogenated alkanes) is 2. The molecular formula is C27H34O. The fourth-order valence-corrected chi connectivity index (χ4v) is 3.25. The number of rotatable bonds is 10. The van der Waals surface area contributed by atoms with Crippen LogP contribution in [0.5, 0.6) is 0 Å². The van der Waals surface area contributed by atoms with E-state index in [0.717, 1.165) is 60.8 Å². The monoisotopic (exact) mass is 374 g/mol. The summed E-state index contributed by atoms with van der Waals surface area (Å²) in [4.78, 5) is 12.9. The molecule has 0 unspecified atom stereocenters. The zero-order chi connectivity index (χ0) is 20.4. The molecule has 28 heavy (non-hydrogen) atoms. The van der Waals surface area contributed by atoms with Crippen LogP contribution in [0.1, 0.15) is 74.6 Å². The Balaban J connectivity index is 2.32. The van der Waals surface area contributed by atoms with E-state index >= 15 is 0 Å². The van der Waals surface area contributed by atoms with Crippen LogP contribution in [-0.4, -0.2) is 5.78 Å². The van der Waals surface area contributed by atoms with E-state index in [-0.39, 0.29) is 5.78 Å². The van der Waals surface area contributed by atoms with Crippen molar-refractivity contribution in [1.82, 2.24) is 0 Å². The standard InChI is InChI=1S/C27H34O/c1-5-7-9-25(23-15-11-21(3)12-16-23)19-27(28)20-26(10-8-6-2)24-17-13-22(4)14-18-24/h11-20H,5-10H2,1-4H3. The smallest absolute Gasteiger partial charge is 0.179 e. The minimum absolute atomic E-state index is 0.0957. The number of allylic oxidation sites excluding steroid dienone is 4. The molecule has 1 heteroatoms. The van der Waals surface area contributed by atoms with Crippen molar-refractivity contribution in [2.24, 2.45) is 0 Å². The molecule has 0 aromatic heterocycles. The van der Waals surface area contributed by atoms with E-state index in [1.807, 2.05) is 12.2 Å². The molecule has 2 aromatic carbocycles. The molecule has 0 atom stereocenters. The van der Waals surface area contributed by atoms with Crippen LogP contribution in [0.2, 0.25) is 0 Å². The van der Waals surface area contributed by atoms with Gasteiger partial charge in [-0.1, -0.05) is 86.3 Å². The van der Waals surface area contributed by atoms with E-state index in [9.17, 15) is 4.79 Å². The van der Waals surface area contributed by atoms with Crippen molar-refractivity contribution < 1.29 is 4.79 Å². The summed E-state index contributed by atoms with van der Waals surface area (Å²) in [6.45, 7) is 8.56. The van der Waals surface area contributed by atoms with Crippen molar-refractivity contribution in [3.8, 4) is 0 Å². The Morgan fingerprint density at radius 3 is 1.36 bits per heavy atom. The highest BCUT2D eigenvalue weighted by atomic mass is 16.1. The normalized spacial score (nSPS) is 12.3. The van der Waals surface area contributed by atoms with Crippen LogP contribution in [0.25, 0.3) is 11.1 Å². The Hall–Kier alpha value is -2.41. The minimum atomic E-state index is 0.0957. The molecule has 0 saturated carbocycles. The molecule has 0 aliphatic rings. The Kier molecular flexibility index (Phi) is 8.94. The highest BCUT2D eigenvalue weighted by molar-refractivity contribution is 6.08. The van der Waals surface area contributed by atoms with Gasteiger partial charge in [-0.15, -0.1) is 0 Å². The van der Waals surface area contributed by atoms with Gasteiger partial charge >= 0.3 is 0 Å². The average molecular weight is 375 g/mol. The highest BCUT2D eigenvalue weighted by Gasteiger charge is 2.07. The lowest BCUT2D eigenvalue weighted by Crippen LogP contribution is -1.96. The predicted molar refractivity (Wildman–Crippen MR) is 122 cm³/mol. The van der Waals surface area contributed by atoms with Crippen LogP contribution in [0, 0.1) is 13.8 Å². The molecule has 0 aliphatic heterocycles. The van der Waals surface area contributed by atoms with Crippen LogP contribution in [-0.2, 0) is 4.79 Å². The molecule has 2 rings (SSSR count). The van der Waals surface area contributed by atoms with E-state index in [2.05, 4.69) is 76.2 Å². The second-order valence-electron chi connectivity index (χ2n) is 7.68. The maximum atomic E-state index is 12.9. The van der Waals surface area contributed by atoms with Crippen molar-refractivity contribution in [3.63, 3.8) is 0 Å². The molecule has 0 fully saturated rings. The second kappa shape index (κ2) is 11.4. The van der Waals surface area contributed by atoms with Gasteiger partial charge in [0.05, 0.1) is 0 Å². The van der Waals surface area contributed by atoms with Gasteiger partial charge in [0, 0.05) is 0 Å². The van der Waals surface area contributed by atoms with Gasteiger partial charge in [-0.05, 0) is 74.0 Å². The molecule has 0 heterocycles. The molecule has 0 bridgehead atoms. The molecule has 0 saturated heterocycles. The number of carbonyl (C=O) groups excluding carboxylic acids is 1. The first-order valence-electron chi connectivity index (χ1n) is 10.6. The first kappa shape index (κ1) is 21.9. The maximum absolute atomic E-state index is 12.9. The van der Waals surface area contributed by atoms with Crippen LogP contribution >= 0.6 is 0 Å². The summed E-state index contributed by atoms with van der Waals surface area (Å²) in [5.41, 5.74) is 7.08. The molecule has 0 N–H and O–H groups in total. The number of ketones is 1. The zero-order valence-electron chi connectivity index (χ0n) is 17.9. The van der Waals surface area contributed by atoms with Gasteiger partial charge in [-0.3, -0.25) is 4.79 Å². The minimum Gasteiger partial charge on any atom is -0.290 e. The van der Waals surface area contributed by atoms with Crippen molar-refractivity contribution in [2.45, 2.75) is 66.2 Å². The summed E-state index contributed by atoms with van der Waals surface area (Å²) >= 11 is 0. The lowest BCUT2D eigenvalue weighted by Gasteiger charge is -2.09. The highest BCUT2D eigenvalue weighted by Crippen LogP contribution is 2.24. The molecule has 0 aliphatic carbocycles. The third kappa shape index (κ3) is 6.96. The zero-order valence-corrected chi connectivity index (χ0v) is 17.9. The van der Waals surface area contributed by atoms with Crippen LogP contribution < -0.4 is 0 Å². The van der Waals surface area contributed by atoms with Crippen molar-refractivity contribution in [3.05, 3.63) is 82.9 Å². The lowest BCUT2D eigenvalue weighted by atomic mass is 9.95. The number of hydrogen-bond donors (Lipinski definition) is 0. The predicted octanol–water partition coefficient (Wildman–Crippen LogP) is 7.72. The Morgan fingerprint density at radius 2 is 1.04 bits per heavy atom. The van der Waals surface area contributed by atoms with Gasteiger partial charge in [-0.2, -0.15) is 0 Å². The van der Waals surface area contributed by atoms with Gasteiger partial charge in [0.1, 0.15) is 0 Å². The summed E-state index contributed by atoms with van der Waals surface area (Å²) in [6.07, 6.45) is 10.0. The van der Waals surface area contributed by atoms with E-state index in [1.54, 1.807) is 0 Å². The van der Waals surface area contributed by atoms with E-state index in [0.29, 0.717) is 0 Å². The fraction of sp³-hybridized carbons (Fsp3) is 0.370. The number of aryl methyl sites for hydroxylation is 2. The SMILES string of the molecule is CCCCC(=CC(=O)C=C(CCCC)c1ccc(C)cc1)c1ccc(C)cc1. The molecule has 0 spiro atoms. The van der Waals surface area contributed by atoms with E-state index in [1.165, 1.54) is 11.1 Å². The lowest BCUT2D eigenvalue weighted by molar-refractivity contribution is -0.110. The van der Waals surface area contributed by atoms with Crippen molar-refractivity contribution >= 4 is 16.9 Å². The van der Waals surface area contributed by atoms with E-state index in [4.69, 9.17) is 0 Å². The molecular weight excluding hydrogens is 340 g/mol. The molecule has 2 aromatic rings. The number of carbonyl (C=O) groups is 1. The van der Waals surface area contributed by atoms with E-state index < -0.39 is 0 Å². The summed E-state index contributed by atoms with van der Waals surface area (Å²) in [6, 6.07) is 17.0. The van der Waals surface area contributed by atoms with Crippen molar-refractivity contribution in [2.75, 3.05) is 0 Å². The summed E-state index contributed by atoms with van der Waals surface area (Å²) in [5.74, 6) is 0.0957. The largest absolute Gasteiger partial charge is 0.290 e. The number of hydrogen-bond acceptors (Lipinski definition) is 1. The Morgan fingerprint density at radius 1 is 0.679 bits per heavy atom. The summed E-state index contributed by atoms with van der Waals surface area (Å²) in [5, 5.41) is 0. The van der Waals surface area contributed by atoms with Gasteiger partial charge in [-0.25, -0.2) is 0 Å². The van der Waals surface area contributed by atoms with Crippen LogP contribution in [0.3, 0.4) is 0 Å². The second-order valence-corrected chi connectivity index (χ2v) is 7.68. The van der Waals surface area contributed by atoms with Gasteiger partial charge in [0.25, 0.3) is 0 Å². The summed E-state index contributed by atoms with van der Waals surface area (Å²) in [7, 11) is 0. The quantitative estimate of drug-likeness (QED) is 0.389. The molecule has 0 radical (unpaired) electrons. The number of benzene rings is 2. The first-order chi connectivity index (χ1) is 13.5. The van der Waals surface area contributed by atoms with Crippen LogP contribution in [0.4, 0.5) is 0 Å². The third-order valence-electron chi connectivity index (χ3n) is 5.08. The molecule has 0 amide bonds. The molecule has 1 nitrogen and oxygen atoms in total. The topological polar surface area (TPSA) is 17.1 Å². The van der Waals surface area contributed by atoms with Gasteiger partial charge in [0.15, 0.2) is 5.78 Å². The molecule has 148 valence electrons. The third-order valence-corrected chi connectivity index (χ3v) is 5.08. The van der Waals surface area contributed by atoms with Gasteiger partial charge < -0.3 is 0 Å². The van der Waals surface area contributed by atoms with Crippen LogP contribution in [0.15, 0.2) is 60.7 Å². The Labute approximate surface area is 171 Å². The first-order valence-corrected chi connectivity index (χ1v) is 10.6. The average Bonchev–Trinajstić information content (AvgIpc) is 2.69. The summed E-state index contributed by atoms with van der Waals surface area (Å²) < 4.78 is 0. The van der Waals surface area contributed by atoms with Crippen molar-refractivity contribution in [1.29, 1.82) is 0 Å². The fourth-order valence-electron chi connectivity index (χ4n) is 3.25.